The zero-order chi connectivity index (χ0) is 16.0. The predicted octanol–water partition coefficient (Wildman–Crippen LogP) is 3.93. The maximum absolute atomic E-state index is 11.0. The van der Waals surface area contributed by atoms with Crippen LogP contribution in [0.5, 0.6) is 0 Å². The van der Waals surface area contributed by atoms with E-state index < -0.39 is 5.60 Å². The lowest BCUT2D eigenvalue weighted by Gasteiger charge is -2.53. The van der Waals surface area contributed by atoms with E-state index in [0.29, 0.717) is 10.7 Å². The molecule has 4 nitrogen and oxygen atoms in total. The molecule has 124 valence electrons. The Labute approximate surface area is 140 Å². The van der Waals surface area contributed by atoms with Crippen LogP contribution in [0.3, 0.4) is 0 Å². The van der Waals surface area contributed by atoms with Crippen molar-refractivity contribution in [3.8, 4) is 0 Å². The summed E-state index contributed by atoms with van der Waals surface area (Å²) in [5.41, 5.74) is -0.628. The van der Waals surface area contributed by atoms with E-state index in [-0.39, 0.29) is 23.6 Å². The lowest BCUT2D eigenvalue weighted by atomic mass is 9.63. The summed E-state index contributed by atoms with van der Waals surface area (Å²) in [6.07, 6.45) is 9.41. The zero-order valence-corrected chi connectivity index (χ0v) is 15.1. The molecule has 0 amide bonds. The van der Waals surface area contributed by atoms with Crippen LogP contribution in [0.15, 0.2) is 12.2 Å². The molecule has 4 rings (SSSR count). The van der Waals surface area contributed by atoms with Crippen molar-refractivity contribution >= 4 is 21.9 Å². The molecule has 5 heteroatoms. The molecular weight excluding hydrogens is 348 g/mol. The number of alkyl halides is 1. The highest BCUT2D eigenvalue weighted by Crippen LogP contribution is 2.53. The van der Waals surface area contributed by atoms with Gasteiger partial charge in [-0.1, -0.05) is 35.9 Å². The van der Waals surface area contributed by atoms with E-state index >= 15 is 0 Å². The van der Waals surface area contributed by atoms with Gasteiger partial charge in [-0.25, -0.2) is 9.78 Å². The minimum Gasteiger partial charge on any atom is -0.462 e. The number of carbonyl (C=O) groups excluding carboxylic acids is 1. The Morgan fingerprint density at radius 2 is 2.05 bits per heavy atom. The summed E-state index contributed by atoms with van der Waals surface area (Å²) >= 11 is 3.81. The molecule has 4 atom stereocenters. The van der Waals surface area contributed by atoms with Gasteiger partial charge in [0.1, 0.15) is 12.2 Å². The van der Waals surface area contributed by atoms with Crippen molar-refractivity contribution in [2.45, 2.75) is 68.9 Å². The molecule has 2 unspecified atom stereocenters. The number of ether oxygens (including phenoxy) is 1. The largest absolute Gasteiger partial charge is 0.462 e. The SMILES string of the molecule is CC(=O)OC[C@@]12C=C[C@@](C3CCC(Br)C(C)(C)C3)(CC1)OO2. The van der Waals surface area contributed by atoms with Crippen LogP contribution in [-0.2, 0) is 19.3 Å². The Hall–Kier alpha value is -0.390. The Morgan fingerprint density at radius 1 is 1.27 bits per heavy atom. The molecular formula is C17H25BrO4. The minimum absolute atomic E-state index is 0.231. The van der Waals surface area contributed by atoms with E-state index in [1.165, 1.54) is 6.92 Å². The summed E-state index contributed by atoms with van der Waals surface area (Å²) in [5, 5.41) is 0. The molecule has 0 radical (unpaired) electrons. The molecule has 1 saturated carbocycles. The van der Waals surface area contributed by atoms with Crippen molar-refractivity contribution in [3.05, 3.63) is 12.2 Å². The summed E-state index contributed by atoms with van der Waals surface area (Å²) in [7, 11) is 0. The third-order valence-corrected chi connectivity index (χ3v) is 7.27. The molecule has 22 heavy (non-hydrogen) atoms. The lowest BCUT2D eigenvalue weighted by Crippen LogP contribution is -2.56. The first kappa shape index (κ1) is 16.5. The van der Waals surface area contributed by atoms with Crippen molar-refractivity contribution in [1.29, 1.82) is 0 Å². The standard InChI is InChI=1S/C17H25BrO4/c1-12(19)20-11-16-6-8-17(9-7-16,22-21-16)13-4-5-14(18)15(2,3)10-13/h6,8,13-14H,4-5,7,9-11H2,1-3H3/t13?,14?,16-,17+/m1/s1. The maximum atomic E-state index is 11.0. The Morgan fingerprint density at radius 3 is 2.55 bits per heavy atom. The van der Waals surface area contributed by atoms with E-state index in [0.717, 1.165) is 32.1 Å². The second-order valence-corrected chi connectivity index (χ2v) is 8.84. The molecule has 0 aromatic heterocycles. The molecule has 0 spiro atoms. The first-order valence-electron chi connectivity index (χ1n) is 8.12. The van der Waals surface area contributed by atoms with Gasteiger partial charge in [0.05, 0.1) is 0 Å². The number of esters is 1. The van der Waals surface area contributed by atoms with Crippen molar-refractivity contribution < 1.29 is 19.3 Å². The van der Waals surface area contributed by atoms with Gasteiger partial charge in [0.15, 0.2) is 5.60 Å². The molecule has 0 N–H and O–H groups in total. The third-order valence-electron chi connectivity index (χ3n) is 5.57. The smallest absolute Gasteiger partial charge is 0.302 e. The number of hydrogen-bond donors (Lipinski definition) is 0. The van der Waals surface area contributed by atoms with Crippen LogP contribution in [0.25, 0.3) is 0 Å². The van der Waals surface area contributed by atoms with Crippen molar-refractivity contribution in [1.82, 2.24) is 0 Å². The topological polar surface area (TPSA) is 44.8 Å². The number of carbonyl (C=O) groups is 1. The molecule has 1 saturated heterocycles. The molecule has 2 fully saturated rings. The predicted molar refractivity (Wildman–Crippen MR) is 86.5 cm³/mol. The van der Waals surface area contributed by atoms with Crippen LogP contribution in [0, 0.1) is 11.3 Å². The van der Waals surface area contributed by atoms with Gasteiger partial charge in [0.25, 0.3) is 0 Å². The van der Waals surface area contributed by atoms with Gasteiger partial charge in [-0.05, 0) is 49.5 Å². The van der Waals surface area contributed by atoms with Crippen LogP contribution >= 0.6 is 15.9 Å². The Balaban J connectivity index is 1.72. The average molecular weight is 373 g/mol. The fraction of sp³-hybridized carbons (Fsp3) is 0.824. The molecule has 2 bridgehead atoms. The van der Waals surface area contributed by atoms with E-state index in [9.17, 15) is 4.79 Å². The highest BCUT2D eigenvalue weighted by atomic mass is 79.9. The molecule has 2 aliphatic carbocycles. The van der Waals surface area contributed by atoms with Gasteiger partial charge >= 0.3 is 5.97 Å². The summed E-state index contributed by atoms with van der Waals surface area (Å²) in [4.78, 5) is 23.2. The second kappa shape index (κ2) is 5.60. The second-order valence-electron chi connectivity index (χ2n) is 7.73. The number of fused-ring (bicyclic) bond motifs is 2. The highest BCUT2D eigenvalue weighted by molar-refractivity contribution is 9.09. The maximum Gasteiger partial charge on any atom is 0.302 e. The first-order valence-corrected chi connectivity index (χ1v) is 9.03. The Kier molecular flexibility index (Phi) is 4.19. The quantitative estimate of drug-likeness (QED) is 0.326. The fourth-order valence-corrected chi connectivity index (χ4v) is 4.41. The van der Waals surface area contributed by atoms with E-state index in [4.69, 9.17) is 14.5 Å². The molecule has 0 aromatic carbocycles. The normalized spacial score (nSPS) is 43.1. The van der Waals surface area contributed by atoms with Crippen LogP contribution in [-0.4, -0.2) is 28.6 Å². The van der Waals surface area contributed by atoms with Gasteiger partial charge in [0, 0.05) is 11.8 Å². The van der Waals surface area contributed by atoms with Gasteiger partial charge in [-0.15, -0.1) is 0 Å². The van der Waals surface area contributed by atoms with Crippen LogP contribution in [0.4, 0.5) is 0 Å². The number of rotatable bonds is 3. The highest BCUT2D eigenvalue weighted by Gasteiger charge is 2.54. The van der Waals surface area contributed by atoms with E-state index in [1.54, 1.807) is 0 Å². The minimum atomic E-state index is -0.588. The monoisotopic (exact) mass is 372 g/mol. The zero-order valence-electron chi connectivity index (χ0n) is 13.6. The van der Waals surface area contributed by atoms with Crippen LogP contribution in [0.1, 0.15) is 52.9 Å². The summed E-state index contributed by atoms with van der Waals surface area (Å²) < 4.78 is 5.12. The summed E-state index contributed by atoms with van der Waals surface area (Å²) in [5.74, 6) is 0.186. The van der Waals surface area contributed by atoms with Gasteiger partial charge < -0.3 is 4.74 Å². The first-order chi connectivity index (χ1) is 10.3. The van der Waals surface area contributed by atoms with Gasteiger partial charge in [-0.2, -0.15) is 0 Å². The lowest BCUT2D eigenvalue weighted by molar-refractivity contribution is -0.441. The van der Waals surface area contributed by atoms with Gasteiger partial charge in [-0.3, -0.25) is 4.79 Å². The van der Waals surface area contributed by atoms with Crippen LogP contribution < -0.4 is 0 Å². The number of halogens is 1. The van der Waals surface area contributed by atoms with Gasteiger partial charge in [0.2, 0.25) is 0 Å². The van der Waals surface area contributed by atoms with E-state index in [2.05, 4.69) is 41.9 Å². The average Bonchev–Trinajstić information content (AvgIpc) is 2.50. The molecule has 4 aliphatic rings. The summed E-state index contributed by atoms with van der Waals surface area (Å²) in [6, 6.07) is 0. The van der Waals surface area contributed by atoms with Crippen molar-refractivity contribution in [3.63, 3.8) is 0 Å². The summed E-state index contributed by atoms with van der Waals surface area (Å²) in [6.45, 7) is 6.28. The molecule has 0 aromatic rings. The van der Waals surface area contributed by atoms with Crippen molar-refractivity contribution in [2.75, 3.05) is 6.61 Å². The Bertz CT molecular complexity index is 477. The van der Waals surface area contributed by atoms with E-state index in [1.807, 2.05) is 0 Å². The van der Waals surface area contributed by atoms with Crippen LogP contribution in [0.2, 0.25) is 0 Å². The molecule has 2 aliphatic heterocycles. The van der Waals surface area contributed by atoms with Crippen molar-refractivity contribution in [2.24, 2.45) is 11.3 Å². The number of hydrogen-bond acceptors (Lipinski definition) is 4. The third kappa shape index (κ3) is 2.87. The molecule has 2 heterocycles. The fourth-order valence-electron chi connectivity index (χ4n) is 3.96.